The Morgan fingerprint density at radius 1 is 0.370 bits per heavy atom. The van der Waals surface area contributed by atoms with Crippen LogP contribution in [0.25, 0.3) is 11.1 Å². The van der Waals surface area contributed by atoms with Crippen molar-refractivity contribution in [3.63, 3.8) is 0 Å². The number of aromatic hydroxyl groups is 12. The number of hydrogen-bond donors (Lipinski definition) is 14. The molecule has 0 spiro atoms. The highest BCUT2D eigenvalue weighted by Crippen LogP contribution is 2.65. The molecule has 0 atom stereocenters. The predicted octanol–water partition coefficient (Wildman–Crippen LogP) is 9.55. The SMILES string of the molecule is COc1cc(Oc2cc(O)cc(OC3=C=C4Oc5c(O)cc(O)c(-c6c(O)cc(O)c7c6Oc6c(O)cc(O)c(Oc8cc(O)cc(O)c8)c6O7)c5OC4=C(O)C=C3O)c2)cc(O)c1Oc1cc(O)cc(O)c1. The molecular weight excluding hydrogens is 969 g/mol. The fraction of sp³-hybridized carbons (Fsp3) is 0.0200. The third-order valence-corrected chi connectivity index (χ3v) is 10.5. The molecule has 0 bridgehead atoms. The Kier molecular flexibility index (Phi) is 10.7. The van der Waals surface area contributed by atoms with Gasteiger partial charge in [-0.25, -0.2) is 0 Å². The number of phenolic OH excluding ortho intramolecular Hbond substituents is 12. The molecule has 0 saturated heterocycles. The van der Waals surface area contributed by atoms with E-state index in [0.717, 1.165) is 66.7 Å². The quantitative estimate of drug-likeness (QED) is 0.0567. The number of methoxy groups -OCH3 is 1. The van der Waals surface area contributed by atoms with Crippen molar-refractivity contribution in [3.05, 3.63) is 126 Å². The summed E-state index contributed by atoms with van der Waals surface area (Å²) in [6.45, 7) is 0. The summed E-state index contributed by atoms with van der Waals surface area (Å²) in [5, 5.41) is 150. The Bertz CT molecular complexity index is 3620. The van der Waals surface area contributed by atoms with E-state index in [1.807, 2.05) is 0 Å². The van der Waals surface area contributed by atoms with E-state index in [4.69, 9.17) is 42.6 Å². The summed E-state index contributed by atoms with van der Waals surface area (Å²) >= 11 is 0. The highest BCUT2D eigenvalue weighted by atomic mass is 16.6. The molecular formula is C50H32O23. The summed E-state index contributed by atoms with van der Waals surface area (Å²) < 4.78 is 52.2. The molecule has 0 unspecified atom stereocenters. The first-order valence-corrected chi connectivity index (χ1v) is 20.7. The molecule has 2 aliphatic heterocycles. The first-order valence-electron chi connectivity index (χ1n) is 20.7. The van der Waals surface area contributed by atoms with Crippen LogP contribution in [0.15, 0.2) is 126 Å². The average Bonchev–Trinajstić information content (AvgIpc) is 3.41. The van der Waals surface area contributed by atoms with E-state index in [2.05, 4.69) is 5.73 Å². The van der Waals surface area contributed by atoms with E-state index in [1.165, 1.54) is 31.4 Å². The van der Waals surface area contributed by atoms with E-state index < -0.39 is 138 Å². The van der Waals surface area contributed by atoms with Gasteiger partial charge in [-0.1, -0.05) is 0 Å². The lowest BCUT2D eigenvalue weighted by Crippen LogP contribution is -2.14. The molecule has 73 heavy (non-hydrogen) atoms. The fourth-order valence-electron chi connectivity index (χ4n) is 7.54. The van der Waals surface area contributed by atoms with Crippen molar-refractivity contribution in [3.8, 4) is 161 Å². The van der Waals surface area contributed by atoms with Crippen molar-refractivity contribution in [2.45, 2.75) is 0 Å². The maximum absolute atomic E-state index is 11.4. The molecule has 0 saturated carbocycles. The predicted molar refractivity (Wildman–Crippen MR) is 244 cm³/mol. The zero-order valence-corrected chi connectivity index (χ0v) is 36.6. The van der Waals surface area contributed by atoms with Crippen molar-refractivity contribution < 1.29 is 114 Å². The summed E-state index contributed by atoms with van der Waals surface area (Å²) in [5.41, 5.74) is 1.48. The van der Waals surface area contributed by atoms with Crippen LogP contribution in [0.2, 0.25) is 0 Å². The number of hydrogen-bond acceptors (Lipinski definition) is 23. The smallest absolute Gasteiger partial charge is 0.220 e. The van der Waals surface area contributed by atoms with Crippen LogP contribution in [0.1, 0.15) is 0 Å². The maximum atomic E-state index is 11.4. The van der Waals surface area contributed by atoms with Crippen LogP contribution < -0.4 is 42.6 Å². The van der Waals surface area contributed by atoms with E-state index in [9.17, 15) is 71.5 Å². The highest BCUT2D eigenvalue weighted by Gasteiger charge is 2.40. The minimum absolute atomic E-state index is 0.0448. The number of allylic oxidation sites excluding steroid dienone is 1. The monoisotopic (exact) mass is 1000 g/mol. The number of benzene rings is 7. The summed E-state index contributed by atoms with van der Waals surface area (Å²) in [4.78, 5) is 0. The summed E-state index contributed by atoms with van der Waals surface area (Å²) in [5.74, 6) is -15.7. The van der Waals surface area contributed by atoms with Gasteiger partial charge in [0.05, 0.1) is 18.2 Å². The van der Waals surface area contributed by atoms with Gasteiger partial charge in [0.2, 0.25) is 51.8 Å². The van der Waals surface area contributed by atoms with Crippen molar-refractivity contribution in [2.24, 2.45) is 0 Å². The third kappa shape index (κ3) is 8.38. The number of fused-ring (bicyclic) bond motifs is 4. The van der Waals surface area contributed by atoms with E-state index in [0.29, 0.717) is 0 Å². The zero-order valence-electron chi connectivity index (χ0n) is 36.6. The second-order valence-corrected chi connectivity index (χ2v) is 15.6. The Hall–Kier alpha value is -11.1. The first-order chi connectivity index (χ1) is 34.8. The van der Waals surface area contributed by atoms with Crippen molar-refractivity contribution in [1.29, 1.82) is 0 Å². The topological polar surface area (TPSA) is 366 Å². The number of phenols is 12. The van der Waals surface area contributed by atoms with Gasteiger partial charge in [-0.2, -0.15) is 0 Å². The van der Waals surface area contributed by atoms with E-state index >= 15 is 0 Å². The van der Waals surface area contributed by atoms with Gasteiger partial charge in [-0.05, 0) is 5.73 Å². The third-order valence-electron chi connectivity index (χ3n) is 10.5. The normalized spacial score (nSPS) is 13.1. The molecule has 2 heterocycles. The van der Waals surface area contributed by atoms with E-state index in [-0.39, 0.29) is 51.7 Å². The van der Waals surface area contributed by atoms with Crippen LogP contribution in [-0.2, 0) is 0 Å². The first kappa shape index (κ1) is 45.7. The zero-order chi connectivity index (χ0) is 51.7. The lowest BCUT2D eigenvalue weighted by Gasteiger charge is -2.28. The van der Waals surface area contributed by atoms with E-state index in [1.54, 1.807) is 0 Å². The van der Waals surface area contributed by atoms with Crippen LogP contribution in [0.5, 0.6) is 149 Å². The van der Waals surface area contributed by atoms with Crippen LogP contribution in [0.4, 0.5) is 0 Å². The van der Waals surface area contributed by atoms with Gasteiger partial charge < -0.3 is 114 Å². The molecule has 1 aliphatic carbocycles. The molecule has 7 aromatic carbocycles. The van der Waals surface area contributed by atoms with Crippen LogP contribution in [-0.4, -0.2) is 78.6 Å². The second kappa shape index (κ2) is 17.2. The number of aliphatic hydroxyl groups is 2. The minimum Gasteiger partial charge on any atom is -0.508 e. The Balaban J connectivity index is 0.985. The standard InChI is InChI=1S/C50H32O23/c1-65-38-12-27(11-31(59)42(38)68-23-4-18(51)2-19(52)5-23)66-25-8-22(55)9-26(10-25)67-37-17-39-43(32(60)13-28(37)56)71-48-40(29(57)14-33(61)44(48)70-39)41-30(58)15-34(62)45-49(41)72-47-36(64)16-35(63)46(50(47)73-45)69-24-6-20(53)3-21(54)7-24/h2-16,51-64H,1H3. The highest BCUT2D eigenvalue weighted by molar-refractivity contribution is 5.93. The molecule has 0 aromatic heterocycles. The van der Waals surface area contributed by atoms with Gasteiger partial charge in [0.25, 0.3) is 0 Å². The van der Waals surface area contributed by atoms with Gasteiger partial charge in [-0.3, -0.25) is 0 Å². The molecule has 14 N–H and O–H groups in total. The lowest BCUT2D eigenvalue weighted by molar-refractivity contribution is 0.259. The van der Waals surface area contributed by atoms with Gasteiger partial charge in [-0.15, -0.1) is 0 Å². The second-order valence-electron chi connectivity index (χ2n) is 15.6. The molecule has 10 rings (SSSR count). The van der Waals surface area contributed by atoms with Crippen molar-refractivity contribution >= 4 is 0 Å². The number of aliphatic hydroxyl groups excluding tert-OH is 2. The molecule has 0 radical (unpaired) electrons. The molecule has 3 aliphatic rings. The number of rotatable bonds is 10. The molecule has 0 amide bonds. The Labute approximate surface area is 406 Å². The molecule has 23 nitrogen and oxygen atoms in total. The largest absolute Gasteiger partial charge is 0.508 e. The molecule has 0 fully saturated rings. The molecule has 7 aromatic rings. The average molecular weight is 1000 g/mol. The van der Waals surface area contributed by atoms with Gasteiger partial charge in [0, 0.05) is 91.0 Å². The number of ether oxygens (including phenoxy) is 9. The van der Waals surface area contributed by atoms with Crippen molar-refractivity contribution in [1.82, 2.24) is 0 Å². The Morgan fingerprint density at radius 2 is 0.808 bits per heavy atom. The van der Waals surface area contributed by atoms with Crippen molar-refractivity contribution in [2.75, 3.05) is 7.11 Å². The Morgan fingerprint density at radius 3 is 1.38 bits per heavy atom. The maximum Gasteiger partial charge on any atom is 0.220 e. The summed E-state index contributed by atoms with van der Waals surface area (Å²) in [7, 11) is 1.27. The lowest BCUT2D eigenvalue weighted by atomic mass is 9.98. The van der Waals surface area contributed by atoms with Gasteiger partial charge in [0.15, 0.2) is 57.5 Å². The van der Waals surface area contributed by atoms with Gasteiger partial charge in [0.1, 0.15) is 69.0 Å². The van der Waals surface area contributed by atoms with Crippen LogP contribution in [0.3, 0.4) is 0 Å². The fourth-order valence-corrected chi connectivity index (χ4v) is 7.54. The summed E-state index contributed by atoms with van der Waals surface area (Å²) in [6.07, 6.45) is 0.738. The summed E-state index contributed by atoms with van der Waals surface area (Å²) in [6, 6.07) is 14.8. The van der Waals surface area contributed by atoms with Crippen LogP contribution >= 0.6 is 0 Å². The molecule has 370 valence electrons. The van der Waals surface area contributed by atoms with Gasteiger partial charge >= 0.3 is 0 Å². The molecule has 23 heteroatoms. The minimum atomic E-state index is -0.859. The van der Waals surface area contributed by atoms with Crippen LogP contribution in [0, 0.1) is 0 Å².